The van der Waals surface area contributed by atoms with Crippen LogP contribution in [0.5, 0.6) is 0 Å². The van der Waals surface area contributed by atoms with Crippen molar-refractivity contribution in [2.24, 2.45) is 5.92 Å². The van der Waals surface area contributed by atoms with Crippen molar-refractivity contribution in [2.75, 3.05) is 18.1 Å². The molecule has 0 radical (unpaired) electrons. The summed E-state index contributed by atoms with van der Waals surface area (Å²) in [6.45, 7) is 0.579. The molecule has 0 aromatic carbocycles. The van der Waals surface area contributed by atoms with Crippen LogP contribution in [0.25, 0.3) is 0 Å². The van der Waals surface area contributed by atoms with Crippen molar-refractivity contribution in [1.82, 2.24) is 9.97 Å². The Bertz CT molecular complexity index is 330. The van der Waals surface area contributed by atoms with Gasteiger partial charge in [0.25, 0.3) is 0 Å². The van der Waals surface area contributed by atoms with Crippen LogP contribution in [0.15, 0.2) is 17.4 Å². The molecule has 1 unspecified atom stereocenters. The van der Waals surface area contributed by atoms with E-state index in [1.54, 1.807) is 11.8 Å². The quantitative estimate of drug-likeness (QED) is 0.585. The predicted octanol–water partition coefficient (Wildman–Crippen LogP) is 1.38. The number of hydrogen-bond acceptors (Lipinski definition) is 5. The second-order valence-electron chi connectivity index (χ2n) is 3.73. The molecule has 1 heterocycles. The summed E-state index contributed by atoms with van der Waals surface area (Å²) in [5, 5.41) is 13.7. The van der Waals surface area contributed by atoms with Crippen molar-refractivity contribution in [3.05, 3.63) is 12.4 Å². The Kier molecular flexibility index (Phi) is 3.43. The highest BCUT2D eigenvalue weighted by Gasteiger charge is 2.29. The minimum absolute atomic E-state index is 0.238. The molecule has 1 aromatic heterocycles. The van der Waals surface area contributed by atoms with Gasteiger partial charge in [-0.1, -0.05) is 0 Å². The van der Waals surface area contributed by atoms with Gasteiger partial charge < -0.3 is 10.4 Å². The number of aromatic nitrogens is 2. The lowest BCUT2D eigenvalue weighted by atomic mass is 10.2. The van der Waals surface area contributed by atoms with Crippen molar-refractivity contribution in [1.29, 1.82) is 0 Å². The van der Waals surface area contributed by atoms with Gasteiger partial charge in [-0.2, -0.15) is 0 Å². The van der Waals surface area contributed by atoms with E-state index in [1.807, 2.05) is 12.3 Å². The van der Waals surface area contributed by atoms with Crippen LogP contribution in [0.4, 0.5) is 5.82 Å². The van der Waals surface area contributed by atoms with Crippen molar-refractivity contribution < 1.29 is 5.11 Å². The molecule has 0 spiro atoms. The maximum absolute atomic E-state index is 9.67. The molecule has 5 heteroatoms. The lowest BCUT2D eigenvalue weighted by Crippen LogP contribution is -2.21. The molecule has 2 N–H and O–H groups in total. The molecule has 82 valence electrons. The van der Waals surface area contributed by atoms with Crippen LogP contribution in [0, 0.1) is 5.92 Å². The van der Waals surface area contributed by atoms with Gasteiger partial charge in [-0.3, -0.25) is 0 Å². The summed E-state index contributed by atoms with van der Waals surface area (Å²) in [6, 6.07) is 1.89. The Balaban J connectivity index is 1.86. The molecule has 0 bridgehead atoms. The zero-order valence-corrected chi connectivity index (χ0v) is 9.50. The van der Waals surface area contributed by atoms with Gasteiger partial charge in [0.1, 0.15) is 17.2 Å². The van der Waals surface area contributed by atoms with Gasteiger partial charge in [-0.05, 0) is 25.0 Å². The van der Waals surface area contributed by atoms with Crippen molar-refractivity contribution in [3.8, 4) is 0 Å². The van der Waals surface area contributed by atoms with E-state index in [4.69, 9.17) is 0 Å². The Labute approximate surface area is 93.5 Å². The van der Waals surface area contributed by atoms with Crippen LogP contribution >= 0.6 is 11.8 Å². The maximum Gasteiger partial charge on any atom is 0.130 e. The van der Waals surface area contributed by atoms with Crippen LogP contribution < -0.4 is 5.32 Å². The summed E-state index contributed by atoms with van der Waals surface area (Å²) in [6.07, 6.45) is 5.59. The van der Waals surface area contributed by atoms with E-state index < -0.39 is 0 Å². The summed E-state index contributed by atoms with van der Waals surface area (Å²) in [5.74, 6) is 1.29. The van der Waals surface area contributed by atoms with Crippen LogP contribution in [-0.4, -0.2) is 34.0 Å². The molecule has 0 saturated heterocycles. The summed E-state index contributed by atoms with van der Waals surface area (Å²) >= 11 is 1.58. The number of hydrogen-bond donors (Lipinski definition) is 2. The fourth-order valence-electron chi connectivity index (χ4n) is 1.40. The lowest BCUT2D eigenvalue weighted by Gasteiger charge is -2.10. The lowest BCUT2D eigenvalue weighted by molar-refractivity contribution is 0.164. The number of nitrogens with zero attached hydrogens (tertiary/aromatic N) is 2. The van der Waals surface area contributed by atoms with Crippen molar-refractivity contribution in [2.45, 2.75) is 24.0 Å². The molecule has 1 fully saturated rings. The van der Waals surface area contributed by atoms with E-state index in [0.717, 1.165) is 23.7 Å². The molecular formula is C10H15N3OS. The fourth-order valence-corrected chi connectivity index (χ4v) is 1.79. The third-order valence-corrected chi connectivity index (χ3v) is 3.15. The molecule has 0 amide bonds. The average Bonchev–Trinajstić information content (AvgIpc) is 3.10. The van der Waals surface area contributed by atoms with Gasteiger partial charge in [0.05, 0.1) is 6.10 Å². The zero-order chi connectivity index (χ0) is 10.7. The first-order valence-electron chi connectivity index (χ1n) is 5.07. The minimum Gasteiger partial charge on any atom is -0.391 e. The van der Waals surface area contributed by atoms with Gasteiger partial charge in [-0.25, -0.2) is 9.97 Å². The third-order valence-electron chi connectivity index (χ3n) is 2.51. The molecule has 4 nitrogen and oxygen atoms in total. The second kappa shape index (κ2) is 4.81. The van der Waals surface area contributed by atoms with E-state index in [2.05, 4.69) is 15.3 Å². The highest BCUT2D eigenvalue weighted by atomic mass is 32.2. The third kappa shape index (κ3) is 3.07. The Morgan fingerprint density at radius 1 is 1.60 bits per heavy atom. The molecule has 1 saturated carbocycles. The second-order valence-corrected chi connectivity index (χ2v) is 4.56. The van der Waals surface area contributed by atoms with E-state index in [9.17, 15) is 5.11 Å². The van der Waals surface area contributed by atoms with E-state index in [0.29, 0.717) is 12.5 Å². The first-order valence-corrected chi connectivity index (χ1v) is 6.30. The van der Waals surface area contributed by atoms with E-state index in [1.165, 1.54) is 6.33 Å². The summed E-state index contributed by atoms with van der Waals surface area (Å²) in [4.78, 5) is 8.17. The van der Waals surface area contributed by atoms with E-state index >= 15 is 0 Å². The number of nitrogens with one attached hydrogen (secondary N) is 1. The topological polar surface area (TPSA) is 58.0 Å². The van der Waals surface area contributed by atoms with Gasteiger partial charge in [0.15, 0.2) is 0 Å². The van der Waals surface area contributed by atoms with Crippen LogP contribution in [0.1, 0.15) is 12.8 Å². The highest BCUT2D eigenvalue weighted by Crippen LogP contribution is 2.32. The fraction of sp³-hybridized carbons (Fsp3) is 0.600. The predicted molar refractivity (Wildman–Crippen MR) is 61.0 cm³/mol. The number of thioether (sulfide) groups is 1. The number of aliphatic hydroxyl groups excluding tert-OH is 1. The summed E-state index contributed by atoms with van der Waals surface area (Å²) in [7, 11) is 0. The molecule has 1 aliphatic rings. The standard InChI is InChI=1S/C10H15N3OS/c1-15-10-4-9(12-6-13-10)11-5-8(14)7-2-3-7/h4,6-8,14H,2-3,5H2,1H3,(H,11,12,13). The van der Waals surface area contributed by atoms with Crippen LogP contribution in [0.2, 0.25) is 0 Å². The van der Waals surface area contributed by atoms with Crippen LogP contribution in [0.3, 0.4) is 0 Å². The van der Waals surface area contributed by atoms with Crippen molar-refractivity contribution >= 4 is 17.6 Å². The maximum atomic E-state index is 9.67. The smallest absolute Gasteiger partial charge is 0.130 e. The minimum atomic E-state index is -0.238. The normalized spacial score (nSPS) is 17.5. The molecule has 1 aromatic rings. The molecule has 0 aliphatic heterocycles. The Morgan fingerprint density at radius 2 is 2.40 bits per heavy atom. The monoisotopic (exact) mass is 225 g/mol. The van der Waals surface area contributed by atoms with Gasteiger partial charge in [0.2, 0.25) is 0 Å². The van der Waals surface area contributed by atoms with Crippen LogP contribution in [-0.2, 0) is 0 Å². The van der Waals surface area contributed by atoms with Crippen molar-refractivity contribution in [3.63, 3.8) is 0 Å². The van der Waals surface area contributed by atoms with Gasteiger partial charge in [0, 0.05) is 12.6 Å². The number of aliphatic hydroxyl groups is 1. The Hall–Kier alpha value is -0.810. The highest BCUT2D eigenvalue weighted by molar-refractivity contribution is 7.98. The first kappa shape index (κ1) is 10.7. The zero-order valence-electron chi connectivity index (χ0n) is 8.68. The van der Waals surface area contributed by atoms with E-state index in [-0.39, 0.29) is 6.10 Å². The SMILES string of the molecule is CSc1cc(NCC(O)C2CC2)ncn1. The molecule has 1 aliphatic carbocycles. The molecule has 15 heavy (non-hydrogen) atoms. The van der Waals surface area contributed by atoms with Gasteiger partial charge >= 0.3 is 0 Å². The molecule has 2 rings (SSSR count). The molecule has 1 atom stereocenters. The largest absolute Gasteiger partial charge is 0.391 e. The van der Waals surface area contributed by atoms with Gasteiger partial charge in [-0.15, -0.1) is 11.8 Å². The first-order chi connectivity index (χ1) is 7.29. The average molecular weight is 225 g/mol. The Morgan fingerprint density at radius 3 is 3.07 bits per heavy atom. The molecular weight excluding hydrogens is 210 g/mol. The summed E-state index contributed by atoms with van der Waals surface area (Å²) < 4.78 is 0. The number of anilines is 1. The number of rotatable bonds is 5. The summed E-state index contributed by atoms with van der Waals surface area (Å²) in [5.41, 5.74) is 0.